The first-order chi connectivity index (χ1) is 12.1. The molecule has 0 bridgehead atoms. The Morgan fingerprint density at radius 1 is 1.08 bits per heavy atom. The normalized spacial score (nSPS) is 10.3. The van der Waals surface area contributed by atoms with Gasteiger partial charge in [-0.3, -0.25) is 9.59 Å². The lowest BCUT2D eigenvalue weighted by molar-refractivity contribution is -0.121. The molecule has 0 aliphatic rings. The molecule has 0 atom stereocenters. The number of amides is 2. The second-order valence-electron chi connectivity index (χ2n) is 5.70. The van der Waals surface area contributed by atoms with Crippen LogP contribution in [-0.4, -0.2) is 25.0 Å². The fraction of sp³-hybridized carbons (Fsp3) is 0.300. The standard InChI is InChI=1S/C20H24N2O3/c1-2-25-17-8-5-6-15(14-17)12-13-22-19(23)11-10-16-7-3-4-9-18(16)20(21)24/h3-9,14H,2,10-13H2,1H3,(H2,21,24)(H,22,23). The van der Waals surface area contributed by atoms with Gasteiger partial charge in [-0.2, -0.15) is 0 Å². The highest BCUT2D eigenvalue weighted by Gasteiger charge is 2.09. The minimum Gasteiger partial charge on any atom is -0.494 e. The summed E-state index contributed by atoms with van der Waals surface area (Å²) >= 11 is 0. The molecule has 0 heterocycles. The lowest BCUT2D eigenvalue weighted by Crippen LogP contribution is -2.26. The molecule has 0 aliphatic carbocycles. The Morgan fingerprint density at radius 3 is 2.64 bits per heavy atom. The van der Waals surface area contributed by atoms with Gasteiger partial charge in [0.1, 0.15) is 5.75 Å². The number of nitrogens with two attached hydrogens (primary N) is 1. The molecule has 2 amide bonds. The number of nitrogens with one attached hydrogen (secondary N) is 1. The molecule has 2 aromatic carbocycles. The molecule has 0 spiro atoms. The smallest absolute Gasteiger partial charge is 0.248 e. The minimum atomic E-state index is -0.467. The van der Waals surface area contributed by atoms with Crippen molar-refractivity contribution in [1.29, 1.82) is 0 Å². The van der Waals surface area contributed by atoms with Crippen LogP contribution in [0, 0.1) is 0 Å². The van der Waals surface area contributed by atoms with Gasteiger partial charge in [-0.15, -0.1) is 0 Å². The van der Waals surface area contributed by atoms with E-state index in [1.807, 2.05) is 43.3 Å². The molecular formula is C20H24N2O3. The highest BCUT2D eigenvalue weighted by Crippen LogP contribution is 2.13. The van der Waals surface area contributed by atoms with E-state index < -0.39 is 5.91 Å². The molecule has 3 N–H and O–H groups in total. The summed E-state index contributed by atoms with van der Waals surface area (Å²) in [6, 6.07) is 15.0. The van der Waals surface area contributed by atoms with Gasteiger partial charge in [0.05, 0.1) is 6.61 Å². The Hall–Kier alpha value is -2.82. The van der Waals surface area contributed by atoms with Crippen molar-refractivity contribution < 1.29 is 14.3 Å². The molecule has 132 valence electrons. The van der Waals surface area contributed by atoms with E-state index in [4.69, 9.17) is 10.5 Å². The van der Waals surface area contributed by atoms with Crippen LogP contribution in [0.3, 0.4) is 0 Å². The second kappa shape index (κ2) is 9.47. The average Bonchev–Trinajstić information content (AvgIpc) is 2.61. The number of hydrogen-bond donors (Lipinski definition) is 2. The van der Waals surface area contributed by atoms with Gasteiger partial charge in [0.25, 0.3) is 0 Å². The molecule has 0 fully saturated rings. The molecule has 0 radical (unpaired) electrons. The van der Waals surface area contributed by atoms with Crippen molar-refractivity contribution in [2.24, 2.45) is 5.73 Å². The zero-order valence-corrected chi connectivity index (χ0v) is 14.5. The maximum atomic E-state index is 12.0. The lowest BCUT2D eigenvalue weighted by Gasteiger charge is -2.09. The molecule has 2 aromatic rings. The predicted octanol–water partition coefficient (Wildman–Crippen LogP) is 2.48. The molecule has 0 saturated heterocycles. The highest BCUT2D eigenvalue weighted by molar-refractivity contribution is 5.94. The van der Waals surface area contributed by atoms with Gasteiger partial charge in [0, 0.05) is 18.5 Å². The summed E-state index contributed by atoms with van der Waals surface area (Å²) in [7, 11) is 0. The molecule has 0 unspecified atom stereocenters. The van der Waals surface area contributed by atoms with Gasteiger partial charge in [-0.05, 0) is 49.1 Å². The van der Waals surface area contributed by atoms with Crippen molar-refractivity contribution in [2.45, 2.75) is 26.2 Å². The predicted molar refractivity (Wildman–Crippen MR) is 97.6 cm³/mol. The summed E-state index contributed by atoms with van der Waals surface area (Å²) in [6.45, 7) is 3.14. The first-order valence-electron chi connectivity index (χ1n) is 8.46. The Bertz CT molecular complexity index is 728. The Labute approximate surface area is 148 Å². The summed E-state index contributed by atoms with van der Waals surface area (Å²) in [5.74, 6) is 0.333. The third-order valence-corrected chi connectivity index (χ3v) is 3.85. The van der Waals surface area contributed by atoms with Crippen LogP contribution in [-0.2, 0) is 17.6 Å². The number of ether oxygens (including phenoxy) is 1. The van der Waals surface area contributed by atoms with Gasteiger partial charge in [-0.25, -0.2) is 0 Å². The summed E-state index contributed by atoms with van der Waals surface area (Å²) < 4.78 is 5.47. The monoisotopic (exact) mass is 340 g/mol. The van der Waals surface area contributed by atoms with Crippen molar-refractivity contribution >= 4 is 11.8 Å². The zero-order valence-electron chi connectivity index (χ0n) is 14.5. The third kappa shape index (κ3) is 5.95. The summed E-state index contributed by atoms with van der Waals surface area (Å²) in [5, 5.41) is 2.91. The molecule has 0 aliphatic heterocycles. The van der Waals surface area contributed by atoms with E-state index in [-0.39, 0.29) is 5.91 Å². The first-order valence-corrected chi connectivity index (χ1v) is 8.46. The summed E-state index contributed by atoms with van der Waals surface area (Å²) in [5.41, 5.74) is 7.74. The SMILES string of the molecule is CCOc1cccc(CCNC(=O)CCc2ccccc2C(N)=O)c1. The van der Waals surface area contributed by atoms with E-state index in [2.05, 4.69) is 5.32 Å². The molecule has 5 nitrogen and oxygen atoms in total. The largest absolute Gasteiger partial charge is 0.494 e. The number of hydrogen-bond acceptors (Lipinski definition) is 3. The maximum absolute atomic E-state index is 12.0. The lowest BCUT2D eigenvalue weighted by atomic mass is 10.0. The Balaban J connectivity index is 1.78. The molecular weight excluding hydrogens is 316 g/mol. The molecule has 2 rings (SSSR count). The van der Waals surface area contributed by atoms with E-state index in [1.54, 1.807) is 12.1 Å². The molecule has 25 heavy (non-hydrogen) atoms. The van der Waals surface area contributed by atoms with Crippen LogP contribution >= 0.6 is 0 Å². The van der Waals surface area contributed by atoms with Crippen molar-refractivity contribution in [3.63, 3.8) is 0 Å². The summed E-state index contributed by atoms with van der Waals surface area (Å²) in [6.07, 6.45) is 1.55. The second-order valence-corrected chi connectivity index (χ2v) is 5.70. The van der Waals surface area contributed by atoms with Crippen LogP contribution in [0.15, 0.2) is 48.5 Å². The van der Waals surface area contributed by atoms with Crippen LogP contribution in [0.25, 0.3) is 0 Å². The van der Waals surface area contributed by atoms with Crippen molar-refractivity contribution in [3.05, 3.63) is 65.2 Å². The fourth-order valence-electron chi connectivity index (χ4n) is 2.62. The quantitative estimate of drug-likeness (QED) is 0.736. The van der Waals surface area contributed by atoms with E-state index in [1.165, 1.54) is 0 Å². The first kappa shape index (κ1) is 18.5. The van der Waals surface area contributed by atoms with Crippen LogP contribution in [0.1, 0.15) is 34.8 Å². The van der Waals surface area contributed by atoms with Crippen molar-refractivity contribution in [2.75, 3.05) is 13.2 Å². The zero-order chi connectivity index (χ0) is 18.1. The highest BCUT2D eigenvalue weighted by atomic mass is 16.5. The van der Waals surface area contributed by atoms with E-state index >= 15 is 0 Å². The van der Waals surface area contributed by atoms with Crippen molar-refractivity contribution in [3.8, 4) is 5.75 Å². The van der Waals surface area contributed by atoms with Crippen LogP contribution in [0.2, 0.25) is 0 Å². The van der Waals surface area contributed by atoms with E-state index in [0.29, 0.717) is 31.6 Å². The maximum Gasteiger partial charge on any atom is 0.248 e. The van der Waals surface area contributed by atoms with Gasteiger partial charge < -0.3 is 15.8 Å². The fourth-order valence-corrected chi connectivity index (χ4v) is 2.62. The van der Waals surface area contributed by atoms with Crippen LogP contribution < -0.4 is 15.8 Å². The number of rotatable bonds is 9. The van der Waals surface area contributed by atoms with Gasteiger partial charge in [0.15, 0.2) is 0 Å². The minimum absolute atomic E-state index is 0.0414. The van der Waals surface area contributed by atoms with Gasteiger partial charge in [-0.1, -0.05) is 30.3 Å². The van der Waals surface area contributed by atoms with Crippen LogP contribution in [0.5, 0.6) is 5.75 Å². The van der Waals surface area contributed by atoms with Crippen LogP contribution in [0.4, 0.5) is 0 Å². The summed E-state index contributed by atoms with van der Waals surface area (Å²) in [4.78, 5) is 23.4. The van der Waals surface area contributed by atoms with Crippen molar-refractivity contribution in [1.82, 2.24) is 5.32 Å². The molecule has 5 heteroatoms. The molecule has 0 saturated carbocycles. The topological polar surface area (TPSA) is 81.4 Å². The Morgan fingerprint density at radius 2 is 1.88 bits per heavy atom. The third-order valence-electron chi connectivity index (χ3n) is 3.85. The van der Waals surface area contributed by atoms with E-state index in [0.717, 1.165) is 23.3 Å². The number of primary amides is 1. The van der Waals surface area contributed by atoms with Gasteiger partial charge in [0.2, 0.25) is 11.8 Å². The number of carbonyl (C=O) groups excluding carboxylic acids is 2. The van der Waals surface area contributed by atoms with E-state index in [9.17, 15) is 9.59 Å². The molecule has 0 aromatic heterocycles. The average molecular weight is 340 g/mol. The number of aryl methyl sites for hydroxylation is 1. The number of carbonyl (C=O) groups is 2. The number of benzene rings is 2. The Kier molecular flexibility index (Phi) is 7.01. The van der Waals surface area contributed by atoms with Gasteiger partial charge >= 0.3 is 0 Å².